The van der Waals surface area contributed by atoms with Crippen LogP contribution in [0.15, 0.2) is 24.3 Å². The van der Waals surface area contributed by atoms with Crippen molar-refractivity contribution in [3.63, 3.8) is 0 Å². The van der Waals surface area contributed by atoms with Crippen LogP contribution in [0.5, 0.6) is 0 Å². The summed E-state index contributed by atoms with van der Waals surface area (Å²) in [6.45, 7) is 4.77. The van der Waals surface area contributed by atoms with E-state index < -0.39 is 0 Å². The number of hydrogen-bond donors (Lipinski definition) is 1. The first kappa shape index (κ1) is 9.07. The molecule has 0 atom stereocenters. The smallest absolute Gasteiger partial charge is 0.0717 e. The summed E-state index contributed by atoms with van der Waals surface area (Å²) in [6, 6.07) is 8.16. The fraction of sp³-hybridized carbons (Fsp3) is 0.400. The molecule has 0 unspecified atom stereocenters. The predicted octanol–water partition coefficient (Wildman–Crippen LogP) is 2.61. The maximum absolute atomic E-state index is 5.11. The molecule has 0 aromatic heterocycles. The molecule has 0 fully saturated rings. The molecular formula is C10H15NO. The van der Waals surface area contributed by atoms with Gasteiger partial charge in [-0.3, -0.25) is 10.3 Å². The second-order valence-electron chi connectivity index (χ2n) is 2.55. The first-order valence-corrected chi connectivity index (χ1v) is 4.34. The van der Waals surface area contributed by atoms with E-state index >= 15 is 0 Å². The molecule has 1 aromatic carbocycles. The largest absolute Gasteiger partial charge is 0.276 e. The number of benzene rings is 1. The number of para-hydroxylation sites is 1. The van der Waals surface area contributed by atoms with Gasteiger partial charge in [0, 0.05) is 0 Å². The maximum Gasteiger partial charge on any atom is 0.0717 e. The second-order valence-corrected chi connectivity index (χ2v) is 2.55. The number of rotatable bonds is 4. The Labute approximate surface area is 73.5 Å². The van der Waals surface area contributed by atoms with Gasteiger partial charge < -0.3 is 0 Å². The van der Waals surface area contributed by atoms with E-state index in [-0.39, 0.29) is 0 Å². The van der Waals surface area contributed by atoms with Crippen LogP contribution in [0, 0.1) is 0 Å². The summed E-state index contributed by atoms with van der Waals surface area (Å²) < 4.78 is 0. The van der Waals surface area contributed by atoms with Gasteiger partial charge >= 0.3 is 0 Å². The van der Waals surface area contributed by atoms with Crippen molar-refractivity contribution < 1.29 is 4.84 Å². The molecule has 0 aliphatic heterocycles. The number of aryl methyl sites for hydroxylation is 1. The van der Waals surface area contributed by atoms with Crippen LogP contribution in [0.2, 0.25) is 0 Å². The SMILES string of the molecule is CCONc1ccccc1CC. The first-order chi connectivity index (χ1) is 5.88. The molecule has 0 heterocycles. The number of anilines is 1. The molecule has 0 saturated heterocycles. The molecule has 1 aromatic rings. The summed E-state index contributed by atoms with van der Waals surface area (Å²) in [5.41, 5.74) is 5.27. The van der Waals surface area contributed by atoms with Gasteiger partial charge in [0.15, 0.2) is 0 Å². The van der Waals surface area contributed by atoms with Crippen LogP contribution in [-0.4, -0.2) is 6.61 Å². The van der Waals surface area contributed by atoms with Crippen LogP contribution in [-0.2, 0) is 11.3 Å². The Morgan fingerprint density at radius 1 is 1.25 bits per heavy atom. The quantitative estimate of drug-likeness (QED) is 0.692. The highest BCUT2D eigenvalue weighted by Gasteiger charge is 1.96. The Morgan fingerprint density at radius 2 is 2.00 bits per heavy atom. The zero-order valence-electron chi connectivity index (χ0n) is 7.63. The van der Waals surface area contributed by atoms with Gasteiger partial charge in [0.25, 0.3) is 0 Å². The third kappa shape index (κ3) is 2.24. The monoisotopic (exact) mass is 165 g/mol. The minimum absolute atomic E-state index is 0.679. The van der Waals surface area contributed by atoms with Crippen molar-refractivity contribution >= 4 is 5.69 Å². The molecule has 0 spiro atoms. The molecule has 0 aliphatic carbocycles. The lowest BCUT2D eigenvalue weighted by molar-refractivity contribution is 0.210. The molecule has 2 nitrogen and oxygen atoms in total. The van der Waals surface area contributed by atoms with E-state index in [1.807, 2.05) is 25.1 Å². The standard InChI is InChI=1S/C10H15NO/c1-3-9-7-5-6-8-10(9)11-12-4-2/h5-8,11H,3-4H2,1-2H3. The zero-order chi connectivity index (χ0) is 8.81. The van der Waals surface area contributed by atoms with Crippen molar-refractivity contribution in [3.8, 4) is 0 Å². The summed E-state index contributed by atoms with van der Waals surface area (Å²) in [4.78, 5) is 5.11. The Balaban J connectivity index is 2.68. The van der Waals surface area contributed by atoms with Gasteiger partial charge in [-0.15, -0.1) is 0 Å². The Kier molecular flexibility index (Phi) is 3.61. The first-order valence-electron chi connectivity index (χ1n) is 4.34. The van der Waals surface area contributed by atoms with Crippen molar-refractivity contribution in [1.82, 2.24) is 0 Å². The maximum atomic E-state index is 5.11. The van der Waals surface area contributed by atoms with Gasteiger partial charge in [0.2, 0.25) is 0 Å². The van der Waals surface area contributed by atoms with Crippen LogP contribution >= 0.6 is 0 Å². The Morgan fingerprint density at radius 3 is 2.67 bits per heavy atom. The average Bonchev–Trinajstić information content (AvgIpc) is 2.15. The van der Waals surface area contributed by atoms with Crippen molar-refractivity contribution in [2.24, 2.45) is 0 Å². The van der Waals surface area contributed by atoms with E-state index in [0.717, 1.165) is 12.1 Å². The molecule has 0 aliphatic rings. The van der Waals surface area contributed by atoms with Crippen LogP contribution in [0.4, 0.5) is 5.69 Å². The van der Waals surface area contributed by atoms with Gasteiger partial charge in [-0.05, 0) is 25.0 Å². The zero-order valence-corrected chi connectivity index (χ0v) is 7.63. The second kappa shape index (κ2) is 4.78. The third-order valence-corrected chi connectivity index (χ3v) is 1.72. The minimum atomic E-state index is 0.679. The lowest BCUT2D eigenvalue weighted by atomic mass is 10.1. The molecule has 0 amide bonds. The van der Waals surface area contributed by atoms with Crippen molar-refractivity contribution in [2.75, 3.05) is 12.1 Å². The lowest BCUT2D eigenvalue weighted by Gasteiger charge is -2.08. The summed E-state index contributed by atoms with van der Waals surface area (Å²) in [7, 11) is 0. The topological polar surface area (TPSA) is 21.3 Å². The predicted molar refractivity (Wildman–Crippen MR) is 51.1 cm³/mol. The highest BCUT2D eigenvalue weighted by atomic mass is 16.6. The average molecular weight is 165 g/mol. The van der Waals surface area contributed by atoms with Gasteiger partial charge in [-0.25, -0.2) is 0 Å². The summed E-state index contributed by atoms with van der Waals surface area (Å²) in [5.74, 6) is 0. The fourth-order valence-electron chi connectivity index (χ4n) is 1.08. The minimum Gasteiger partial charge on any atom is -0.276 e. The normalized spacial score (nSPS) is 9.83. The Hall–Kier alpha value is -1.02. The van der Waals surface area contributed by atoms with Crippen molar-refractivity contribution in [2.45, 2.75) is 20.3 Å². The molecule has 1 rings (SSSR count). The van der Waals surface area contributed by atoms with E-state index in [1.54, 1.807) is 0 Å². The van der Waals surface area contributed by atoms with E-state index in [2.05, 4.69) is 18.5 Å². The molecule has 66 valence electrons. The van der Waals surface area contributed by atoms with Crippen LogP contribution in [0.3, 0.4) is 0 Å². The van der Waals surface area contributed by atoms with E-state index in [0.29, 0.717) is 6.61 Å². The number of nitrogens with one attached hydrogen (secondary N) is 1. The highest BCUT2D eigenvalue weighted by molar-refractivity contribution is 5.49. The lowest BCUT2D eigenvalue weighted by Crippen LogP contribution is -2.02. The van der Waals surface area contributed by atoms with Crippen LogP contribution < -0.4 is 5.48 Å². The fourth-order valence-corrected chi connectivity index (χ4v) is 1.08. The third-order valence-electron chi connectivity index (χ3n) is 1.72. The summed E-state index contributed by atoms with van der Waals surface area (Å²) in [5, 5.41) is 0. The van der Waals surface area contributed by atoms with Crippen molar-refractivity contribution in [3.05, 3.63) is 29.8 Å². The molecule has 12 heavy (non-hydrogen) atoms. The molecule has 0 radical (unpaired) electrons. The summed E-state index contributed by atoms with van der Waals surface area (Å²) >= 11 is 0. The van der Waals surface area contributed by atoms with E-state index in [4.69, 9.17) is 4.84 Å². The molecule has 0 saturated carbocycles. The molecule has 1 N–H and O–H groups in total. The Bertz CT molecular complexity index is 235. The highest BCUT2D eigenvalue weighted by Crippen LogP contribution is 2.14. The van der Waals surface area contributed by atoms with E-state index in [1.165, 1.54) is 5.56 Å². The van der Waals surface area contributed by atoms with Gasteiger partial charge in [0.1, 0.15) is 0 Å². The molecule has 0 bridgehead atoms. The van der Waals surface area contributed by atoms with E-state index in [9.17, 15) is 0 Å². The number of hydrogen-bond acceptors (Lipinski definition) is 2. The molecule has 2 heteroatoms. The van der Waals surface area contributed by atoms with Crippen molar-refractivity contribution in [1.29, 1.82) is 0 Å². The van der Waals surface area contributed by atoms with Gasteiger partial charge in [-0.2, -0.15) is 0 Å². The summed E-state index contributed by atoms with van der Waals surface area (Å²) in [6.07, 6.45) is 1.02. The van der Waals surface area contributed by atoms with Gasteiger partial charge in [0.05, 0.1) is 12.3 Å². The van der Waals surface area contributed by atoms with Crippen LogP contribution in [0.25, 0.3) is 0 Å². The van der Waals surface area contributed by atoms with Gasteiger partial charge in [-0.1, -0.05) is 25.1 Å². The van der Waals surface area contributed by atoms with Crippen LogP contribution in [0.1, 0.15) is 19.4 Å². The molecular weight excluding hydrogens is 150 g/mol.